The number of piperidine rings is 1. The predicted molar refractivity (Wildman–Crippen MR) is 101 cm³/mol. The number of nitrogens with zero attached hydrogens (tertiary/aromatic N) is 1. The van der Waals surface area contributed by atoms with Crippen LogP contribution in [0.3, 0.4) is 0 Å². The zero-order chi connectivity index (χ0) is 19.7. The third-order valence-electron chi connectivity index (χ3n) is 5.58. The van der Waals surface area contributed by atoms with Crippen molar-refractivity contribution in [2.75, 3.05) is 38.1 Å². The van der Waals surface area contributed by atoms with Crippen molar-refractivity contribution < 1.29 is 23.9 Å². The first-order valence-corrected chi connectivity index (χ1v) is 9.80. The van der Waals surface area contributed by atoms with Crippen LogP contribution in [-0.2, 0) is 14.3 Å². The van der Waals surface area contributed by atoms with Crippen LogP contribution in [0.1, 0.15) is 30.1 Å². The van der Waals surface area contributed by atoms with E-state index in [9.17, 15) is 14.4 Å². The first kappa shape index (κ1) is 18.9. The summed E-state index contributed by atoms with van der Waals surface area (Å²) in [4.78, 5) is 39.0. The summed E-state index contributed by atoms with van der Waals surface area (Å²) in [6.45, 7) is 4.64. The number of ketones is 1. The molecule has 0 aliphatic carbocycles. The molecule has 1 aromatic rings. The van der Waals surface area contributed by atoms with E-state index in [1.807, 2.05) is 0 Å². The molecule has 0 spiro atoms. The van der Waals surface area contributed by atoms with Gasteiger partial charge in [-0.05, 0) is 38.0 Å². The summed E-state index contributed by atoms with van der Waals surface area (Å²) in [5.74, 6) is 0.263. The predicted octanol–water partition coefficient (Wildman–Crippen LogP) is 0.816. The van der Waals surface area contributed by atoms with Crippen LogP contribution in [0.15, 0.2) is 18.2 Å². The molecule has 2 N–H and O–H groups in total. The standard InChI is InChI=1S/C20H25N3O5/c1-12-19(25)22-15-10-14(2-3-16(15)28-12)18(24)13-4-7-23(8-5-13)20(26)17-11-21-6-9-27-17/h2-3,10,12-13,17,21H,4-9,11H2,1H3,(H,22,25). The molecule has 0 aromatic heterocycles. The maximum absolute atomic E-state index is 12.9. The average Bonchev–Trinajstić information content (AvgIpc) is 2.74. The van der Waals surface area contributed by atoms with Gasteiger partial charge in [0, 0.05) is 37.7 Å². The van der Waals surface area contributed by atoms with Crippen LogP contribution in [0, 0.1) is 5.92 Å². The Morgan fingerprint density at radius 2 is 2.00 bits per heavy atom. The van der Waals surface area contributed by atoms with Crippen molar-refractivity contribution in [2.24, 2.45) is 5.92 Å². The second-order valence-corrected chi connectivity index (χ2v) is 7.49. The summed E-state index contributed by atoms with van der Waals surface area (Å²) in [7, 11) is 0. The van der Waals surface area contributed by atoms with E-state index in [2.05, 4.69) is 10.6 Å². The van der Waals surface area contributed by atoms with Crippen LogP contribution < -0.4 is 15.4 Å². The van der Waals surface area contributed by atoms with Crippen molar-refractivity contribution >= 4 is 23.3 Å². The Hall–Kier alpha value is -2.45. The first-order valence-electron chi connectivity index (χ1n) is 9.80. The zero-order valence-corrected chi connectivity index (χ0v) is 15.9. The van der Waals surface area contributed by atoms with Crippen molar-refractivity contribution in [3.63, 3.8) is 0 Å². The molecule has 8 nitrogen and oxygen atoms in total. The van der Waals surface area contributed by atoms with Crippen molar-refractivity contribution in [3.8, 4) is 5.75 Å². The minimum Gasteiger partial charge on any atom is -0.479 e. The number of ether oxygens (including phenoxy) is 2. The van der Waals surface area contributed by atoms with E-state index in [1.165, 1.54) is 0 Å². The SMILES string of the molecule is CC1Oc2ccc(C(=O)C3CCN(C(=O)C4CNCCO4)CC3)cc2NC1=O. The van der Waals surface area contributed by atoms with Gasteiger partial charge < -0.3 is 25.0 Å². The molecule has 2 atom stereocenters. The van der Waals surface area contributed by atoms with Crippen molar-refractivity contribution in [1.82, 2.24) is 10.2 Å². The molecule has 2 amide bonds. The number of morpholine rings is 1. The Morgan fingerprint density at radius 3 is 2.71 bits per heavy atom. The number of hydrogen-bond acceptors (Lipinski definition) is 6. The number of benzene rings is 1. The topological polar surface area (TPSA) is 97.0 Å². The van der Waals surface area contributed by atoms with Crippen LogP contribution in [0.4, 0.5) is 5.69 Å². The molecule has 3 aliphatic rings. The average molecular weight is 387 g/mol. The fourth-order valence-electron chi connectivity index (χ4n) is 3.89. The van der Waals surface area contributed by atoms with Crippen LogP contribution in [0.2, 0.25) is 0 Å². The number of anilines is 1. The molecule has 1 aromatic carbocycles. The summed E-state index contributed by atoms with van der Waals surface area (Å²) in [6.07, 6.45) is 0.288. The third kappa shape index (κ3) is 3.74. The molecule has 3 aliphatic heterocycles. The van der Waals surface area contributed by atoms with E-state index < -0.39 is 12.2 Å². The smallest absolute Gasteiger partial charge is 0.265 e. The summed E-state index contributed by atoms with van der Waals surface area (Å²) in [5.41, 5.74) is 1.09. The highest BCUT2D eigenvalue weighted by molar-refractivity contribution is 6.02. The van der Waals surface area contributed by atoms with Gasteiger partial charge in [0.1, 0.15) is 11.9 Å². The Morgan fingerprint density at radius 1 is 1.21 bits per heavy atom. The second kappa shape index (κ2) is 7.89. The van der Waals surface area contributed by atoms with Crippen molar-refractivity contribution in [3.05, 3.63) is 23.8 Å². The molecular weight excluding hydrogens is 362 g/mol. The third-order valence-corrected chi connectivity index (χ3v) is 5.58. The highest BCUT2D eigenvalue weighted by Gasteiger charge is 2.33. The summed E-state index contributed by atoms with van der Waals surface area (Å²) < 4.78 is 11.1. The molecule has 0 radical (unpaired) electrons. The van der Waals surface area contributed by atoms with E-state index in [-0.39, 0.29) is 23.5 Å². The Labute approximate surface area is 163 Å². The van der Waals surface area contributed by atoms with Crippen LogP contribution in [0.5, 0.6) is 5.75 Å². The quantitative estimate of drug-likeness (QED) is 0.746. The maximum atomic E-state index is 12.9. The number of likely N-dealkylation sites (tertiary alicyclic amines) is 1. The number of nitrogens with one attached hydrogen (secondary N) is 2. The van der Waals surface area contributed by atoms with Crippen LogP contribution in [0.25, 0.3) is 0 Å². The number of carbonyl (C=O) groups is 3. The molecule has 0 saturated carbocycles. The number of rotatable bonds is 3. The fraction of sp³-hybridized carbons (Fsp3) is 0.550. The molecule has 8 heteroatoms. The van der Waals surface area contributed by atoms with Gasteiger partial charge in [-0.15, -0.1) is 0 Å². The number of hydrogen-bond donors (Lipinski definition) is 2. The highest BCUT2D eigenvalue weighted by atomic mass is 16.5. The Bertz CT molecular complexity index is 782. The van der Waals surface area contributed by atoms with Crippen molar-refractivity contribution in [2.45, 2.75) is 32.0 Å². The van der Waals surface area contributed by atoms with Gasteiger partial charge in [0.25, 0.3) is 11.8 Å². The van der Waals surface area contributed by atoms with Gasteiger partial charge in [-0.3, -0.25) is 14.4 Å². The van der Waals surface area contributed by atoms with E-state index in [1.54, 1.807) is 30.0 Å². The number of carbonyl (C=O) groups excluding carboxylic acids is 3. The monoisotopic (exact) mass is 387 g/mol. The fourth-order valence-corrected chi connectivity index (χ4v) is 3.89. The minimum atomic E-state index is -0.542. The Balaban J connectivity index is 1.37. The van der Waals surface area contributed by atoms with Crippen LogP contribution in [-0.4, -0.2) is 67.5 Å². The second-order valence-electron chi connectivity index (χ2n) is 7.49. The number of Topliss-reactive ketones (excluding diaryl/α,β-unsaturated/α-hetero) is 1. The van der Waals surface area contributed by atoms with Gasteiger partial charge >= 0.3 is 0 Å². The normalized spacial score (nSPS) is 25.5. The molecular formula is C20H25N3O5. The lowest BCUT2D eigenvalue weighted by molar-refractivity contribution is -0.146. The van der Waals surface area contributed by atoms with Gasteiger partial charge in [-0.1, -0.05) is 0 Å². The highest BCUT2D eigenvalue weighted by Crippen LogP contribution is 2.32. The molecule has 4 rings (SSSR count). The maximum Gasteiger partial charge on any atom is 0.265 e. The van der Waals surface area contributed by atoms with E-state index in [0.717, 1.165) is 6.54 Å². The zero-order valence-electron chi connectivity index (χ0n) is 15.9. The largest absolute Gasteiger partial charge is 0.479 e. The number of amides is 2. The van der Waals surface area contributed by atoms with Gasteiger partial charge in [-0.2, -0.15) is 0 Å². The van der Waals surface area contributed by atoms with Gasteiger partial charge in [0.15, 0.2) is 11.9 Å². The van der Waals surface area contributed by atoms with Crippen LogP contribution >= 0.6 is 0 Å². The lowest BCUT2D eigenvalue weighted by Crippen LogP contribution is -2.51. The minimum absolute atomic E-state index is 0.000797. The molecule has 28 heavy (non-hydrogen) atoms. The molecule has 150 valence electrons. The van der Waals surface area contributed by atoms with E-state index in [0.29, 0.717) is 56.1 Å². The molecule has 2 saturated heterocycles. The molecule has 2 fully saturated rings. The van der Waals surface area contributed by atoms with Crippen molar-refractivity contribution in [1.29, 1.82) is 0 Å². The Kier molecular flexibility index (Phi) is 5.32. The van der Waals surface area contributed by atoms with Gasteiger partial charge in [0.2, 0.25) is 0 Å². The summed E-state index contributed by atoms with van der Waals surface area (Å²) in [5, 5.41) is 5.94. The van der Waals surface area contributed by atoms with E-state index >= 15 is 0 Å². The van der Waals surface area contributed by atoms with Gasteiger partial charge in [-0.25, -0.2) is 0 Å². The summed E-state index contributed by atoms with van der Waals surface area (Å²) >= 11 is 0. The lowest BCUT2D eigenvalue weighted by atomic mass is 9.88. The van der Waals surface area contributed by atoms with E-state index in [4.69, 9.17) is 9.47 Å². The lowest BCUT2D eigenvalue weighted by Gasteiger charge is -2.34. The molecule has 2 unspecified atom stereocenters. The summed E-state index contributed by atoms with van der Waals surface area (Å²) in [6, 6.07) is 5.15. The first-order chi connectivity index (χ1) is 13.5. The molecule has 3 heterocycles. The molecule has 0 bridgehead atoms. The number of fused-ring (bicyclic) bond motifs is 1. The van der Waals surface area contributed by atoms with Gasteiger partial charge in [0.05, 0.1) is 12.3 Å².